The highest BCUT2D eigenvalue weighted by atomic mass is 16.5. The van der Waals surface area contributed by atoms with Crippen LogP contribution in [0.25, 0.3) is 0 Å². The minimum absolute atomic E-state index is 0.271. The first-order chi connectivity index (χ1) is 9.81. The van der Waals surface area contributed by atoms with Crippen LogP contribution < -0.4 is 0 Å². The van der Waals surface area contributed by atoms with Crippen molar-refractivity contribution in [3.63, 3.8) is 0 Å². The zero-order valence-corrected chi connectivity index (χ0v) is 12.0. The van der Waals surface area contributed by atoms with Gasteiger partial charge in [0.05, 0.1) is 12.1 Å². The highest BCUT2D eigenvalue weighted by Crippen LogP contribution is 2.21. The minimum atomic E-state index is 0.271. The molecule has 1 aromatic rings. The summed E-state index contributed by atoms with van der Waals surface area (Å²) in [5.41, 5.74) is 1.97. The topological polar surface area (TPSA) is 43.2 Å². The van der Waals surface area contributed by atoms with E-state index in [1.807, 2.05) is 24.3 Å². The molecule has 106 valence electrons. The van der Waals surface area contributed by atoms with Crippen molar-refractivity contribution in [2.24, 2.45) is 9.98 Å². The van der Waals surface area contributed by atoms with Crippen LogP contribution in [0, 0.1) is 0 Å². The van der Waals surface area contributed by atoms with Crippen LogP contribution in [0.15, 0.2) is 34.3 Å². The number of benzene rings is 1. The van der Waals surface area contributed by atoms with Crippen LogP contribution in [0.3, 0.4) is 0 Å². The fraction of sp³-hybridized carbons (Fsp3) is 0.500. The Morgan fingerprint density at radius 3 is 1.70 bits per heavy atom. The van der Waals surface area contributed by atoms with Crippen LogP contribution in [0.4, 0.5) is 0 Å². The standard InChI is InChI=1S/C16H20N2O2/c1-3-11-9-19-15(17-11)13-7-5-6-8-14(13)16-18-12(4-2)10-20-16/h5-8,11-12H,3-4,9-10H2,1-2H3/t11-,12-/m0/s1. The first-order valence-electron chi connectivity index (χ1n) is 7.32. The molecule has 0 amide bonds. The molecule has 3 rings (SSSR count). The fourth-order valence-corrected chi connectivity index (χ4v) is 2.40. The quantitative estimate of drug-likeness (QED) is 0.846. The Labute approximate surface area is 119 Å². The molecule has 0 bridgehead atoms. The number of aliphatic imine (C=N–C) groups is 2. The van der Waals surface area contributed by atoms with Gasteiger partial charge in [-0.3, -0.25) is 0 Å². The van der Waals surface area contributed by atoms with Gasteiger partial charge in [-0.15, -0.1) is 0 Å². The van der Waals surface area contributed by atoms with Gasteiger partial charge in [0.2, 0.25) is 11.8 Å². The Hall–Kier alpha value is -1.84. The van der Waals surface area contributed by atoms with Crippen molar-refractivity contribution in [2.75, 3.05) is 13.2 Å². The molecule has 0 radical (unpaired) electrons. The first-order valence-corrected chi connectivity index (χ1v) is 7.32. The third-order valence-electron chi connectivity index (χ3n) is 3.75. The molecule has 2 heterocycles. The lowest BCUT2D eigenvalue weighted by molar-refractivity contribution is 0.312. The second kappa shape index (κ2) is 5.65. The van der Waals surface area contributed by atoms with E-state index in [-0.39, 0.29) is 12.1 Å². The van der Waals surface area contributed by atoms with Crippen LogP contribution in [0.2, 0.25) is 0 Å². The van der Waals surface area contributed by atoms with E-state index in [4.69, 9.17) is 9.47 Å². The smallest absolute Gasteiger partial charge is 0.217 e. The Bertz CT molecular complexity index is 502. The summed E-state index contributed by atoms with van der Waals surface area (Å²) < 4.78 is 11.5. The second-order valence-corrected chi connectivity index (χ2v) is 5.16. The van der Waals surface area contributed by atoms with Crippen LogP contribution in [-0.4, -0.2) is 37.1 Å². The summed E-state index contributed by atoms with van der Waals surface area (Å²) in [6.45, 7) is 5.60. The average Bonchev–Trinajstić information content (AvgIpc) is 3.16. The van der Waals surface area contributed by atoms with Crippen molar-refractivity contribution in [2.45, 2.75) is 38.8 Å². The van der Waals surface area contributed by atoms with Crippen molar-refractivity contribution in [3.05, 3.63) is 35.4 Å². The van der Waals surface area contributed by atoms with Crippen molar-refractivity contribution >= 4 is 11.8 Å². The Morgan fingerprint density at radius 2 is 1.35 bits per heavy atom. The van der Waals surface area contributed by atoms with Gasteiger partial charge >= 0.3 is 0 Å². The van der Waals surface area contributed by atoms with Crippen LogP contribution in [-0.2, 0) is 9.47 Å². The van der Waals surface area contributed by atoms with E-state index >= 15 is 0 Å². The summed E-state index contributed by atoms with van der Waals surface area (Å²) in [5.74, 6) is 1.44. The summed E-state index contributed by atoms with van der Waals surface area (Å²) in [4.78, 5) is 9.26. The summed E-state index contributed by atoms with van der Waals surface area (Å²) in [6, 6.07) is 8.59. The van der Waals surface area contributed by atoms with Crippen LogP contribution >= 0.6 is 0 Å². The number of ether oxygens (including phenoxy) is 2. The van der Waals surface area contributed by atoms with Crippen molar-refractivity contribution < 1.29 is 9.47 Å². The maximum absolute atomic E-state index is 5.74. The summed E-state index contributed by atoms with van der Waals surface area (Å²) in [7, 11) is 0. The molecule has 0 fully saturated rings. The normalized spacial score (nSPS) is 24.9. The SMILES string of the molecule is CC[C@H]1COC(c2ccccc2C2=N[C@@H](CC)CO2)=N1. The largest absolute Gasteiger partial charge is 0.475 e. The van der Waals surface area contributed by atoms with Gasteiger partial charge < -0.3 is 9.47 Å². The van der Waals surface area contributed by atoms with E-state index in [0.717, 1.165) is 35.8 Å². The highest BCUT2D eigenvalue weighted by Gasteiger charge is 2.25. The predicted molar refractivity (Wildman–Crippen MR) is 79.6 cm³/mol. The Kier molecular flexibility index (Phi) is 3.72. The van der Waals surface area contributed by atoms with Crippen molar-refractivity contribution in [1.82, 2.24) is 0 Å². The predicted octanol–water partition coefficient (Wildman–Crippen LogP) is 2.80. The third-order valence-corrected chi connectivity index (χ3v) is 3.75. The third kappa shape index (κ3) is 2.42. The molecular formula is C16H20N2O2. The average molecular weight is 272 g/mol. The molecule has 4 heteroatoms. The van der Waals surface area contributed by atoms with E-state index in [9.17, 15) is 0 Å². The Balaban J connectivity index is 1.94. The highest BCUT2D eigenvalue weighted by molar-refractivity contribution is 6.08. The molecule has 2 atom stereocenters. The maximum atomic E-state index is 5.74. The van der Waals surface area contributed by atoms with Gasteiger partial charge in [0, 0.05) is 11.1 Å². The molecule has 0 aromatic heterocycles. The van der Waals surface area contributed by atoms with Gasteiger partial charge in [-0.05, 0) is 25.0 Å². The molecule has 2 aliphatic rings. The lowest BCUT2D eigenvalue weighted by Gasteiger charge is -2.08. The molecule has 0 saturated heterocycles. The summed E-state index contributed by atoms with van der Waals surface area (Å²) in [6.07, 6.45) is 2.00. The van der Waals surface area contributed by atoms with Gasteiger partial charge in [0.15, 0.2) is 0 Å². The van der Waals surface area contributed by atoms with Gasteiger partial charge in [-0.25, -0.2) is 9.98 Å². The fourth-order valence-electron chi connectivity index (χ4n) is 2.40. The van der Waals surface area contributed by atoms with E-state index < -0.39 is 0 Å². The monoisotopic (exact) mass is 272 g/mol. The van der Waals surface area contributed by atoms with Gasteiger partial charge in [-0.2, -0.15) is 0 Å². The molecule has 20 heavy (non-hydrogen) atoms. The molecule has 0 saturated carbocycles. The summed E-state index contributed by atoms with van der Waals surface area (Å²) >= 11 is 0. The molecule has 0 unspecified atom stereocenters. The maximum Gasteiger partial charge on any atom is 0.217 e. The number of hydrogen-bond donors (Lipinski definition) is 0. The molecule has 2 aliphatic heterocycles. The van der Waals surface area contributed by atoms with E-state index in [2.05, 4.69) is 23.8 Å². The zero-order chi connectivity index (χ0) is 13.9. The van der Waals surface area contributed by atoms with E-state index in [1.165, 1.54) is 0 Å². The molecule has 0 spiro atoms. The molecular weight excluding hydrogens is 252 g/mol. The number of rotatable bonds is 4. The van der Waals surface area contributed by atoms with Gasteiger partial charge in [-0.1, -0.05) is 26.0 Å². The molecule has 0 aliphatic carbocycles. The Morgan fingerprint density at radius 1 is 0.900 bits per heavy atom. The molecule has 4 nitrogen and oxygen atoms in total. The minimum Gasteiger partial charge on any atom is -0.475 e. The van der Waals surface area contributed by atoms with Gasteiger partial charge in [0.1, 0.15) is 13.2 Å². The second-order valence-electron chi connectivity index (χ2n) is 5.16. The first kappa shape index (κ1) is 13.2. The van der Waals surface area contributed by atoms with Crippen molar-refractivity contribution in [1.29, 1.82) is 0 Å². The van der Waals surface area contributed by atoms with Crippen molar-refractivity contribution in [3.8, 4) is 0 Å². The van der Waals surface area contributed by atoms with Crippen LogP contribution in [0.5, 0.6) is 0 Å². The van der Waals surface area contributed by atoms with Gasteiger partial charge in [0.25, 0.3) is 0 Å². The lowest BCUT2D eigenvalue weighted by atomic mass is 10.1. The van der Waals surface area contributed by atoms with Crippen LogP contribution in [0.1, 0.15) is 37.8 Å². The van der Waals surface area contributed by atoms with E-state index in [0.29, 0.717) is 13.2 Å². The molecule has 0 N–H and O–H groups in total. The lowest BCUT2D eigenvalue weighted by Crippen LogP contribution is -2.11. The number of hydrogen-bond acceptors (Lipinski definition) is 4. The molecule has 1 aromatic carbocycles. The summed E-state index contributed by atoms with van der Waals surface area (Å²) in [5, 5.41) is 0. The van der Waals surface area contributed by atoms with E-state index in [1.54, 1.807) is 0 Å². The zero-order valence-electron chi connectivity index (χ0n) is 12.0. The number of nitrogens with zero attached hydrogens (tertiary/aromatic N) is 2.